The van der Waals surface area contributed by atoms with Crippen LogP contribution >= 0.6 is 0 Å². The maximum absolute atomic E-state index is 10.8. The second kappa shape index (κ2) is 10.3. The minimum absolute atomic E-state index is 0.118. The van der Waals surface area contributed by atoms with Crippen LogP contribution in [-0.4, -0.2) is 16.8 Å². The highest BCUT2D eigenvalue weighted by atomic mass is 16.3. The van der Waals surface area contributed by atoms with E-state index in [4.69, 9.17) is 0 Å². The molecule has 0 amide bonds. The zero-order valence-corrected chi connectivity index (χ0v) is 17.3. The Morgan fingerprint density at radius 1 is 1.04 bits per heavy atom. The van der Waals surface area contributed by atoms with E-state index in [2.05, 4.69) is 32.9 Å². The lowest BCUT2D eigenvalue weighted by Gasteiger charge is -2.33. The lowest BCUT2D eigenvalue weighted by Crippen LogP contribution is -2.20. The zero-order chi connectivity index (χ0) is 19.0. The predicted molar refractivity (Wildman–Crippen MR) is 111 cm³/mol. The van der Waals surface area contributed by atoms with Crippen molar-refractivity contribution >= 4 is 0 Å². The molecule has 2 nitrogen and oxygen atoms in total. The van der Waals surface area contributed by atoms with Crippen LogP contribution in [0.15, 0.2) is 18.2 Å². The minimum Gasteiger partial charge on any atom is -0.508 e. The Balaban J connectivity index is 2.09. The number of benzene rings is 1. The molecule has 0 heterocycles. The van der Waals surface area contributed by atoms with E-state index in [1.54, 1.807) is 0 Å². The van der Waals surface area contributed by atoms with Gasteiger partial charge in [-0.05, 0) is 66.5 Å². The summed E-state index contributed by atoms with van der Waals surface area (Å²) in [6.45, 7) is 7.14. The molecule has 1 aliphatic carbocycles. The van der Waals surface area contributed by atoms with E-state index in [0.717, 1.165) is 18.4 Å². The van der Waals surface area contributed by atoms with E-state index in [0.29, 0.717) is 17.6 Å². The van der Waals surface area contributed by atoms with Gasteiger partial charge in [-0.3, -0.25) is 0 Å². The molecule has 26 heavy (non-hydrogen) atoms. The van der Waals surface area contributed by atoms with Gasteiger partial charge >= 0.3 is 0 Å². The first-order valence-electron chi connectivity index (χ1n) is 10.9. The van der Waals surface area contributed by atoms with Crippen molar-refractivity contribution in [1.29, 1.82) is 0 Å². The van der Waals surface area contributed by atoms with Gasteiger partial charge in [0.2, 0.25) is 0 Å². The molecule has 2 atom stereocenters. The van der Waals surface area contributed by atoms with E-state index in [1.165, 1.54) is 63.4 Å². The van der Waals surface area contributed by atoms with Gasteiger partial charge < -0.3 is 10.2 Å². The van der Waals surface area contributed by atoms with E-state index in [-0.39, 0.29) is 12.0 Å². The molecular formula is C24H40O2. The first-order valence-corrected chi connectivity index (χ1v) is 10.9. The van der Waals surface area contributed by atoms with E-state index in [9.17, 15) is 10.2 Å². The molecule has 1 fully saturated rings. The summed E-state index contributed by atoms with van der Waals surface area (Å²) in [5.74, 6) is 1.55. The fourth-order valence-corrected chi connectivity index (χ4v) is 4.73. The van der Waals surface area contributed by atoms with Gasteiger partial charge in [-0.1, -0.05) is 71.4 Å². The molecule has 1 aliphatic rings. The van der Waals surface area contributed by atoms with Crippen LogP contribution in [0.1, 0.15) is 108 Å². The SMILES string of the molecule is CCCCCCC(C)(C)c1ccc([C@H]2CCCC[C@H]2CCCO)c(O)c1. The molecule has 1 aromatic rings. The summed E-state index contributed by atoms with van der Waals surface area (Å²) in [6, 6.07) is 6.49. The van der Waals surface area contributed by atoms with Crippen molar-refractivity contribution in [1.82, 2.24) is 0 Å². The minimum atomic E-state index is 0.118. The quantitative estimate of drug-likeness (QED) is 0.456. The topological polar surface area (TPSA) is 40.5 Å². The summed E-state index contributed by atoms with van der Waals surface area (Å²) in [6.07, 6.45) is 13.2. The Labute approximate surface area is 161 Å². The third kappa shape index (κ3) is 5.74. The first-order chi connectivity index (χ1) is 12.5. The lowest BCUT2D eigenvalue weighted by molar-refractivity contribution is 0.235. The Bertz CT molecular complexity index is 535. The molecule has 0 radical (unpaired) electrons. The van der Waals surface area contributed by atoms with Crippen LogP contribution in [0.25, 0.3) is 0 Å². The highest BCUT2D eigenvalue weighted by Crippen LogP contribution is 2.44. The van der Waals surface area contributed by atoms with Gasteiger partial charge in [-0.2, -0.15) is 0 Å². The van der Waals surface area contributed by atoms with E-state index < -0.39 is 0 Å². The molecular weight excluding hydrogens is 320 g/mol. The predicted octanol–water partition coefficient (Wildman–Crippen LogP) is 6.69. The number of aliphatic hydroxyl groups excluding tert-OH is 1. The van der Waals surface area contributed by atoms with Crippen LogP contribution in [0, 0.1) is 5.92 Å². The molecule has 2 rings (SSSR count). The Hall–Kier alpha value is -1.02. The average Bonchev–Trinajstić information content (AvgIpc) is 2.64. The van der Waals surface area contributed by atoms with Crippen molar-refractivity contribution in [3.63, 3.8) is 0 Å². The van der Waals surface area contributed by atoms with Gasteiger partial charge in [0.1, 0.15) is 5.75 Å². The Morgan fingerprint density at radius 3 is 2.50 bits per heavy atom. The van der Waals surface area contributed by atoms with Crippen LogP contribution in [0.5, 0.6) is 5.75 Å². The molecule has 0 aliphatic heterocycles. The van der Waals surface area contributed by atoms with Gasteiger partial charge in [0.25, 0.3) is 0 Å². The summed E-state index contributed by atoms with van der Waals surface area (Å²) in [4.78, 5) is 0. The molecule has 0 aromatic heterocycles. The van der Waals surface area contributed by atoms with Gasteiger partial charge in [-0.25, -0.2) is 0 Å². The largest absolute Gasteiger partial charge is 0.508 e. The van der Waals surface area contributed by atoms with E-state index in [1.807, 2.05) is 6.07 Å². The Morgan fingerprint density at radius 2 is 1.81 bits per heavy atom. The summed E-state index contributed by atoms with van der Waals surface area (Å²) in [7, 11) is 0. The average molecular weight is 361 g/mol. The molecule has 1 aromatic carbocycles. The fraction of sp³-hybridized carbons (Fsp3) is 0.750. The highest BCUT2D eigenvalue weighted by Gasteiger charge is 2.29. The normalized spacial score (nSPS) is 21.1. The lowest BCUT2D eigenvalue weighted by atomic mass is 9.72. The van der Waals surface area contributed by atoms with Crippen LogP contribution in [-0.2, 0) is 5.41 Å². The summed E-state index contributed by atoms with van der Waals surface area (Å²) in [5.41, 5.74) is 2.52. The zero-order valence-electron chi connectivity index (χ0n) is 17.3. The maximum atomic E-state index is 10.8. The third-order valence-electron chi connectivity index (χ3n) is 6.51. The molecule has 1 saturated carbocycles. The van der Waals surface area contributed by atoms with Crippen molar-refractivity contribution in [3.8, 4) is 5.75 Å². The van der Waals surface area contributed by atoms with Crippen molar-refractivity contribution in [2.24, 2.45) is 5.92 Å². The van der Waals surface area contributed by atoms with Gasteiger partial charge in [0, 0.05) is 6.61 Å². The number of hydrogen-bond donors (Lipinski definition) is 2. The number of aliphatic hydroxyl groups is 1. The molecule has 2 N–H and O–H groups in total. The van der Waals surface area contributed by atoms with Crippen molar-refractivity contribution in [3.05, 3.63) is 29.3 Å². The smallest absolute Gasteiger partial charge is 0.119 e. The monoisotopic (exact) mass is 360 g/mol. The molecule has 148 valence electrons. The van der Waals surface area contributed by atoms with Gasteiger partial charge in [0.15, 0.2) is 0 Å². The second-order valence-electron chi connectivity index (χ2n) is 8.99. The summed E-state index contributed by atoms with van der Waals surface area (Å²) in [5, 5.41) is 20.0. The van der Waals surface area contributed by atoms with Gasteiger partial charge in [-0.15, -0.1) is 0 Å². The van der Waals surface area contributed by atoms with Gasteiger partial charge in [0.05, 0.1) is 0 Å². The molecule has 0 saturated heterocycles. The summed E-state index contributed by atoms with van der Waals surface area (Å²) < 4.78 is 0. The van der Waals surface area contributed by atoms with Crippen molar-refractivity contribution in [2.75, 3.05) is 6.61 Å². The number of phenolic OH excluding ortho intramolecular Hbond substituents is 1. The molecule has 2 heteroatoms. The number of phenols is 1. The van der Waals surface area contributed by atoms with Crippen molar-refractivity contribution < 1.29 is 10.2 Å². The van der Waals surface area contributed by atoms with Crippen LogP contribution in [0.4, 0.5) is 0 Å². The number of aromatic hydroxyl groups is 1. The Kier molecular flexibility index (Phi) is 8.47. The third-order valence-corrected chi connectivity index (χ3v) is 6.51. The molecule has 0 unspecified atom stereocenters. The highest BCUT2D eigenvalue weighted by molar-refractivity contribution is 5.41. The van der Waals surface area contributed by atoms with E-state index >= 15 is 0 Å². The number of hydrogen-bond acceptors (Lipinski definition) is 2. The number of rotatable bonds is 10. The molecule has 0 bridgehead atoms. The fourth-order valence-electron chi connectivity index (χ4n) is 4.73. The number of unbranched alkanes of at least 4 members (excludes halogenated alkanes) is 3. The first kappa shape index (κ1) is 21.3. The van der Waals surface area contributed by atoms with Crippen LogP contribution in [0.2, 0.25) is 0 Å². The second-order valence-corrected chi connectivity index (χ2v) is 8.99. The standard InChI is InChI=1S/C24H40O2/c1-4-5-6-9-16-24(2,3)20-14-15-22(23(26)18-20)21-13-8-7-11-19(21)12-10-17-25/h14-15,18-19,21,25-26H,4-13,16-17H2,1-3H3/t19-,21-/m0/s1. The summed E-state index contributed by atoms with van der Waals surface area (Å²) >= 11 is 0. The maximum Gasteiger partial charge on any atom is 0.119 e. The van der Waals surface area contributed by atoms with Crippen molar-refractivity contribution in [2.45, 2.75) is 103 Å². The van der Waals surface area contributed by atoms with Crippen LogP contribution < -0.4 is 0 Å². The van der Waals surface area contributed by atoms with Crippen LogP contribution in [0.3, 0.4) is 0 Å². The molecule has 0 spiro atoms.